The summed E-state index contributed by atoms with van der Waals surface area (Å²) in [6, 6.07) is 6.91. The zero-order valence-corrected chi connectivity index (χ0v) is 16.1. The maximum atomic E-state index is 12.5. The Morgan fingerprint density at radius 2 is 1.82 bits per heavy atom. The van der Waals surface area contributed by atoms with Gasteiger partial charge in [-0.05, 0) is 50.2 Å². The van der Waals surface area contributed by atoms with Crippen LogP contribution < -0.4 is 5.32 Å². The molecule has 0 spiro atoms. The van der Waals surface area contributed by atoms with Crippen LogP contribution >= 0.6 is 0 Å². The van der Waals surface area contributed by atoms with Crippen LogP contribution in [-0.4, -0.2) is 46.6 Å². The largest absolute Gasteiger partial charge is 0.350 e. The zero-order chi connectivity index (χ0) is 20.1. The second kappa shape index (κ2) is 8.82. The van der Waals surface area contributed by atoms with Crippen LogP contribution in [0.15, 0.2) is 35.9 Å². The number of hydrogen-bond acceptors (Lipinski definition) is 4. The van der Waals surface area contributed by atoms with E-state index in [4.69, 9.17) is 0 Å². The van der Waals surface area contributed by atoms with E-state index in [1.807, 2.05) is 31.2 Å². The molecule has 1 N–H and O–H groups in total. The van der Waals surface area contributed by atoms with E-state index in [0.29, 0.717) is 13.0 Å². The molecule has 7 nitrogen and oxygen atoms in total. The Hall–Kier alpha value is -2.96. The van der Waals surface area contributed by atoms with Gasteiger partial charge in [0.15, 0.2) is 0 Å². The van der Waals surface area contributed by atoms with Crippen LogP contribution in [0.1, 0.15) is 43.2 Å². The number of nitrogens with zero attached hydrogens (tertiary/aromatic N) is 2. The first-order valence-corrected chi connectivity index (χ1v) is 9.64. The van der Waals surface area contributed by atoms with E-state index in [1.165, 1.54) is 5.57 Å². The molecule has 0 radical (unpaired) electrons. The highest BCUT2D eigenvalue weighted by atomic mass is 16.2. The summed E-state index contributed by atoms with van der Waals surface area (Å²) in [7, 11) is 0. The minimum absolute atomic E-state index is 0.177. The Balaban J connectivity index is 1.54. The predicted octanol–water partition coefficient (Wildman–Crippen LogP) is 2.29. The van der Waals surface area contributed by atoms with Gasteiger partial charge in [0.1, 0.15) is 6.54 Å². The summed E-state index contributed by atoms with van der Waals surface area (Å²) >= 11 is 0. The van der Waals surface area contributed by atoms with Gasteiger partial charge in [0.05, 0.1) is 0 Å². The van der Waals surface area contributed by atoms with E-state index in [1.54, 1.807) is 0 Å². The van der Waals surface area contributed by atoms with E-state index < -0.39 is 30.3 Å². The van der Waals surface area contributed by atoms with E-state index in [-0.39, 0.29) is 6.54 Å². The van der Waals surface area contributed by atoms with Crippen molar-refractivity contribution in [3.05, 3.63) is 47.0 Å². The van der Waals surface area contributed by atoms with Gasteiger partial charge in [0, 0.05) is 13.1 Å². The third-order valence-corrected chi connectivity index (χ3v) is 5.22. The molecule has 1 fully saturated rings. The Morgan fingerprint density at radius 3 is 2.54 bits per heavy atom. The van der Waals surface area contributed by atoms with Gasteiger partial charge in [-0.15, -0.1) is 0 Å². The number of urea groups is 1. The smallest absolute Gasteiger partial charge is 0.334 e. The molecule has 0 atom stereocenters. The van der Waals surface area contributed by atoms with Crippen LogP contribution in [0.25, 0.3) is 0 Å². The fourth-order valence-corrected chi connectivity index (χ4v) is 3.48. The number of amides is 5. The van der Waals surface area contributed by atoms with Gasteiger partial charge in [-0.3, -0.25) is 19.3 Å². The first kappa shape index (κ1) is 19.8. The fourth-order valence-electron chi connectivity index (χ4n) is 3.48. The minimum atomic E-state index is -0.936. The minimum Gasteiger partial charge on any atom is -0.350 e. The zero-order valence-electron chi connectivity index (χ0n) is 16.1. The molecule has 148 valence electrons. The Bertz CT molecular complexity index is 831. The van der Waals surface area contributed by atoms with E-state index >= 15 is 0 Å². The van der Waals surface area contributed by atoms with Gasteiger partial charge < -0.3 is 5.32 Å². The van der Waals surface area contributed by atoms with Crippen LogP contribution in [-0.2, 0) is 20.9 Å². The summed E-state index contributed by atoms with van der Waals surface area (Å²) < 4.78 is 0. The normalized spacial score (nSPS) is 17.2. The quantitative estimate of drug-likeness (QED) is 0.445. The van der Waals surface area contributed by atoms with Gasteiger partial charge >= 0.3 is 17.8 Å². The lowest BCUT2D eigenvalue weighted by Crippen LogP contribution is -2.41. The molecule has 7 heteroatoms. The number of aryl methyl sites for hydroxylation is 1. The average molecular weight is 383 g/mol. The molecule has 1 heterocycles. The van der Waals surface area contributed by atoms with Gasteiger partial charge in [-0.2, -0.15) is 0 Å². The molecule has 0 aromatic heterocycles. The molecular formula is C21H25N3O4. The second-order valence-corrected chi connectivity index (χ2v) is 7.19. The number of imide groups is 2. The third kappa shape index (κ3) is 4.47. The van der Waals surface area contributed by atoms with Crippen molar-refractivity contribution >= 4 is 23.8 Å². The lowest BCUT2D eigenvalue weighted by atomic mass is 9.97. The van der Waals surface area contributed by atoms with Crippen molar-refractivity contribution in [3.8, 4) is 0 Å². The number of allylic oxidation sites excluding steroid dienone is 1. The third-order valence-electron chi connectivity index (χ3n) is 5.22. The van der Waals surface area contributed by atoms with E-state index in [2.05, 4.69) is 11.4 Å². The van der Waals surface area contributed by atoms with Crippen LogP contribution in [0.4, 0.5) is 4.79 Å². The van der Waals surface area contributed by atoms with E-state index in [0.717, 1.165) is 46.6 Å². The van der Waals surface area contributed by atoms with Crippen molar-refractivity contribution in [2.75, 3.05) is 13.1 Å². The summed E-state index contributed by atoms with van der Waals surface area (Å²) in [5.41, 5.74) is 3.21. The standard InChI is InChI=1S/C21H25N3O4/c1-15-7-5-6-10-17(15)13-22-18(25)14-24-20(27)19(26)23(21(24)28)12-11-16-8-3-2-4-9-16/h5-8,10H,2-4,9,11-14H2,1H3,(H,22,25). The molecule has 1 aromatic carbocycles. The molecule has 2 aliphatic rings. The molecular weight excluding hydrogens is 358 g/mol. The van der Waals surface area contributed by atoms with Crippen molar-refractivity contribution in [2.45, 2.75) is 45.6 Å². The highest BCUT2D eigenvalue weighted by molar-refractivity contribution is 6.45. The second-order valence-electron chi connectivity index (χ2n) is 7.19. The van der Waals surface area contributed by atoms with Gasteiger partial charge in [0.25, 0.3) is 0 Å². The maximum absolute atomic E-state index is 12.5. The molecule has 0 saturated carbocycles. The molecule has 5 amide bonds. The Kier molecular flexibility index (Phi) is 6.23. The fraction of sp³-hybridized carbons (Fsp3) is 0.429. The van der Waals surface area contributed by atoms with Crippen LogP contribution in [0.2, 0.25) is 0 Å². The van der Waals surface area contributed by atoms with Gasteiger partial charge in [-0.1, -0.05) is 35.9 Å². The Labute approximate surface area is 164 Å². The van der Waals surface area contributed by atoms with Crippen LogP contribution in [0.3, 0.4) is 0 Å². The summed E-state index contributed by atoms with van der Waals surface area (Å²) in [4.78, 5) is 50.7. The first-order chi connectivity index (χ1) is 13.5. The molecule has 1 aliphatic carbocycles. The highest BCUT2D eigenvalue weighted by Crippen LogP contribution is 2.22. The van der Waals surface area contributed by atoms with Gasteiger partial charge in [0.2, 0.25) is 5.91 Å². The SMILES string of the molecule is Cc1ccccc1CNC(=O)CN1C(=O)C(=O)N(CCC2=CCCCC2)C1=O. The monoisotopic (exact) mass is 383 g/mol. The lowest BCUT2D eigenvalue weighted by molar-refractivity contribution is -0.144. The van der Waals surface area contributed by atoms with Crippen molar-refractivity contribution in [1.82, 2.24) is 15.1 Å². The summed E-state index contributed by atoms with van der Waals surface area (Å²) in [6.45, 7) is 1.96. The topological polar surface area (TPSA) is 86.8 Å². The van der Waals surface area contributed by atoms with Crippen molar-refractivity contribution in [1.29, 1.82) is 0 Å². The molecule has 0 bridgehead atoms. The van der Waals surface area contributed by atoms with Gasteiger partial charge in [-0.25, -0.2) is 9.69 Å². The van der Waals surface area contributed by atoms with Crippen molar-refractivity contribution in [2.24, 2.45) is 0 Å². The van der Waals surface area contributed by atoms with Crippen LogP contribution in [0, 0.1) is 6.92 Å². The Morgan fingerprint density at radius 1 is 1.07 bits per heavy atom. The van der Waals surface area contributed by atoms with Crippen LogP contribution in [0.5, 0.6) is 0 Å². The summed E-state index contributed by atoms with van der Waals surface area (Å²) in [5.74, 6) is -2.27. The van der Waals surface area contributed by atoms with E-state index in [9.17, 15) is 19.2 Å². The molecule has 1 saturated heterocycles. The molecule has 0 unspecified atom stereocenters. The highest BCUT2D eigenvalue weighted by Gasteiger charge is 2.44. The number of hydrogen-bond donors (Lipinski definition) is 1. The first-order valence-electron chi connectivity index (χ1n) is 9.64. The van der Waals surface area contributed by atoms with Crippen molar-refractivity contribution in [3.63, 3.8) is 0 Å². The molecule has 1 aliphatic heterocycles. The number of nitrogens with one attached hydrogen (secondary N) is 1. The van der Waals surface area contributed by atoms with Crippen molar-refractivity contribution < 1.29 is 19.2 Å². The maximum Gasteiger partial charge on any atom is 0.334 e. The number of rotatable bonds is 7. The number of benzene rings is 1. The molecule has 3 rings (SSSR count). The summed E-state index contributed by atoms with van der Waals surface area (Å²) in [6.07, 6.45) is 6.98. The predicted molar refractivity (Wildman–Crippen MR) is 103 cm³/mol. The molecule has 28 heavy (non-hydrogen) atoms. The number of carbonyl (C=O) groups is 4. The lowest BCUT2D eigenvalue weighted by Gasteiger charge is -2.17. The molecule has 1 aromatic rings. The summed E-state index contributed by atoms with van der Waals surface area (Å²) in [5, 5.41) is 2.70. The average Bonchev–Trinajstić information content (AvgIpc) is 2.90. The number of carbonyl (C=O) groups excluding carboxylic acids is 4.